The van der Waals surface area contributed by atoms with E-state index >= 15 is 0 Å². The van der Waals surface area contributed by atoms with Crippen molar-refractivity contribution in [3.63, 3.8) is 0 Å². The molecule has 1 aromatic heterocycles. The zero-order valence-electron chi connectivity index (χ0n) is 23.5. The number of Topliss-reactive ketones (excluding diaryl/α,β-unsaturated/α-hetero) is 1. The molecule has 1 amide bonds. The van der Waals surface area contributed by atoms with E-state index in [0.717, 1.165) is 16.7 Å². The van der Waals surface area contributed by atoms with Crippen LogP contribution in [0.1, 0.15) is 33.9 Å². The molecule has 0 radical (unpaired) electrons. The van der Waals surface area contributed by atoms with Crippen LogP contribution in [0.5, 0.6) is 5.75 Å². The Hall–Kier alpha value is -4.44. The van der Waals surface area contributed by atoms with E-state index < -0.39 is 17.7 Å². The number of benzene rings is 4. The minimum atomic E-state index is -0.926. The van der Waals surface area contributed by atoms with Crippen LogP contribution in [0.4, 0.5) is 5.13 Å². The summed E-state index contributed by atoms with van der Waals surface area (Å²) in [7, 11) is 0. The molecule has 6 rings (SSSR count). The van der Waals surface area contributed by atoms with Crippen molar-refractivity contribution in [3.8, 4) is 5.75 Å². The van der Waals surface area contributed by atoms with Gasteiger partial charge in [0.2, 0.25) is 5.13 Å². The predicted octanol–water partition coefficient (Wildman–Crippen LogP) is 8.00. The van der Waals surface area contributed by atoms with E-state index in [1.165, 1.54) is 28.0 Å². The van der Waals surface area contributed by atoms with Gasteiger partial charge in [-0.25, -0.2) is 0 Å². The fourth-order valence-corrected chi connectivity index (χ4v) is 6.85. The molecule has 7 nitrogen and oxygen atoms in total. The van der Waals surface area contributed by atoms with Crippen molar-refractivity contribution < 1.29 is 19.4 Å². The van der Waals surface area contributed by atoms with Crippen LogP contribution in [0.25, 0.3) is 5.76 Å². The Kier molecular flexibility index (Phi) is 8.79. The first-order valence-corrected chi connectivity index (χ1v) is 15.9. The van der Waals surface area contributed by atoms with Crippen LogP contribution in [0.3, 0.4) is 0 Å². The number of hydrogen-bond donors (Lipinski definition) is 1. The standard InChI is InChI=1S/C34H26ClN3O4S2/c1-21-6-5-9-23(18-21)19-42-27-16-12-25(13-17-27)30(39)28-29(24-10-14-26(35)15-11-24)38(32(41)31(28)40)33-36-37-34(44-33)43-20-22-7-3-2-4-8-22/h2-18,29,39H,19-20H2,1H3. The maximum atomic E-state index is 13.5. The molecule has 1 saturated heterocycles. The lowest BCUT2D eigenvalue weighted by atomic mass is 9.95. The van der Waals surface area contributed by atoms with E-state index in [-0.39, 0.29) is 16.5 Å². The fourth-order valence-electron chi connectivity index (χ4n) is 4.90. The number of aliphatic hydroxyl groups is 1. The van der Waals surface area contributed by atoms with Crippen LogP contribution in [-0.2, 0) is 21.9 Å². The number of nitrogens with zero attached hydrogens (tertiary/aromatic N) is 3. The maximum Gasteiger partial charge on any atom is 0.301 e. The Morgan fingerprint density at radius 1 is 0.932 bits per heavy atom. The highest BCUT2D eigenvalue weighted by molar-refractivity contribution is 8.00. The summed E-state index contributed by atoms with van der Waals surface area (Å²) in [5, 5.41) is 20.8. The summed E-state index contributed by atoms with van der Waals surface area (Å²) in [4.78, 5) is 28.3. The van der Waals surface area contributed by atoms with E-state index in [2.05, 4.69) is 16.3 Å². The number of halogens is 1. The van der Waals surface area contributed by atoms with Crippen molar-refractivity contribution >= 4 is 57.3 Å². The Bertz CT molecular complexity index is 1840. The van der Waals surface area contributed by atoms with Gasteiger partial charge in [0.1, 0.15) is 18.1 Å². The molecule has 10 heteroatoms. The number of anilines is 1. The van der Waals surface area contributed by atoms with Crippen molar-refractivity contribution in [3.05, 3.63) is 142 Å². The number of carbonyl (C=O) groups is 2. The van der Waals surface area contributed by atoms with Gasteiger partial charge in [0, 0.05) is 16.3 Å². The SMILES string of the molecule is Cc1cccc(COc2ccc(C(O)=C3C(=O)C(=O)N(c4nnc(SCc5ccccc5)s4)C3c3ccc(Cl)cc3)cc2)c1. The summed E-state index contributed by atoms with van der Waals surface area (Å²) >= 11 is 8.87. The number of hydrogen-bond acceptors (Lipinski definition) is 8. The minimum absolute atomic E-state index is 0.0422. The van der Waals surface area contributed by atoms with E-state index in [9.17, 15) is 14.7 Å². The number of rotatable bonds is 9. The molecule has 1 unspecified atom stereocenters. The molecule has 220 valence electrons. The van der Waals surface area contributed by atoms with E-state index in [1.54, 1.807) is 48.5 Å². The number of thioether (sulfide) groups is 1. The summed E-state index contributed by atoms with van der Waals surface area (Å²) < 4.78 is 6.57. The van der Waals surface area contributed by atoms with Gasteiger partial charge in [-0.1, -0.05) is 107 Å². The van der Waals surface area contributed by atoms with Gasteiger partial charge in [-0.15, -0.1) is 10.2 Å². The van der Waals surface area contributed by atoms with Crippen molar-refractivity contribution in [2.75, 3.05) is 4.90 Å². The van der Waals surface area contributed by atoms with Gasteiger partial charge in [0.25, 0.3) is 5.78 Å². The summed E-state index contributed by atoms with van der Waals surface area (Å²) in [6.07, 6.45) is 0. The number of aliphatic hydroxyl groups excluding tert-OH is 1. The fraction of sp³-hybridized carbons (Fsp3) is 0.118. The highest BCUT2D eigenvalue weighted by Crippen LogP contribution is 2.44. The molecule has 0 bridgehead atoms. The normalized spacial score (nSPS) is 16.0. The van der Waals surface area contributed by atoms with Crippen molar-refractivity contribution in [2.45, 2.75) is 29.7 Å². The lowest BCUT2D eigenvalue weighted by Crippen LogP contribution is -2.29. The molecule has 0 aliphatic carbocycles. The van der Waals surface area contributed by atoms with Crippen LogP contribution >= 0.6 is 34.7 Å². The van der Waals surface area contributed by atoms with Crippen molar-refractivity contribution in [2.24, 2.45) is 0 Å². The molecule has 1 fully saturated rings. The zero-order chi connectivity index (χ0) is 30.6. The molecule has 1 N–H and O–H groups in total. The lowest BCUT2D eigenvalue weighted by molar-refractivity contribution is -0.132. The number of aryl methyl sites for hydroxylation is 1. The van der Waals surface area contributed by atoms with Crippen molar-refractivity contribution in [1.29, 1.82) is 0 Å². The molecule has 2 heterocycles. The molecule has 4 aromatic carbocycles. The van der Waals surface area contributed by atoms with Crippen LogP contribution in [0.2, 0.25) is 5.02 Å². The molecule has 1 atom stereocenters. The Balaban J connectivity index is 1.30. The molecule has 1 aliphatic heterocycles. The first kappa shape index (κ1) is 29.6. The van der Waals surface area contributed by atoms with E-state index in [1.807, 2.05) is 55.5 Å². The molecule has 1 aliphatic rings. The van der Waals surface area contributed by atoms with Gasteiger partial charge in [0.05, 0.1) is 11.6 Å². The van der Waals surface area contributed by atoms with Gasteiger partial charge in [0.15, 0.2) is 4.34 Å². The topological polar surface area (TPSA) is 92.6 Å². The van der Waals surface area contributed by atoms with E-state index in [0.29, 0.717) is 38.6 Å². The molecule has 0 spiro atoms. The number of carbonyl (C=O) groups excluding carboxylic acids is 2. The molecular formula is C34H26ClN3O4S2. The second-order valence-corrected chi connectivity index (χ2v) is 12.8. The third kappa shape index (κ3) is 6.40. The summed E-state index contributed by atoms with van der Waals surface area (Å²) in [6.45, 7) is 2.42. The second kappa shape index (κ2) is 13.1. The number of aromatic nitrogens is 2. The molecule has 5 aromatic rings. The quantitative estimate of drug-likeness (QED) is 0.0574. The van der Waals surface area contributed by atoms with Crippen LogP contribution in [-0.4, -0.2) is 27.0 Å². The van der Waals surface area contributed by atoms with Gasteiger partial charge in [-0.3, -0.25) is 14.5 Å². The number of amides is 1. The largest absolute Gasteiger partial charge is 0.507 e. The summed E-state index contributed by atoms with van der Waals surface area (Å²) in [5.41, 5.74) is 4.25. The average molecular weight is 640 g/mol. The number of ether oxygens (including phenoxy) is 1. The Morgan fingerprint density at radius 2 is 1.66 bits per heavy atom. The monoisotopic (exact) mass is 639 g/mol. The van der Waals surface area contributed by atoms with Crippen LogP contribution in [0, 0.1) is 6.92 Å². The zero-order valence-corrected chi connectivity index (χ0v) is 25.9. The second-order valence-electron chi connectivity index (χ2n) is 10.1. The number of ketones is 1. The van der Waals surface area contributed by atoms with E-state index in [4.69, 9.17) is 16.3 Å². The average Bonchev–Trinajstić information content (AvgIpc) is 3.61. The smallest absolute Gasteiger partial charge is 0.301 e. The third-order valence-electron chi connectivity index (χ3n) is 7.05. The van der Waals surface area contributed by atoms with Crippen LogP contribution in [0.15, 0.2) is 113 Å². The van der Waals surface area contributed by atoms with Gasteiger partial charge >= 0.3 is 5.91 Å². The van der Waals surface area contributed by atoms with Gasteiger partial charge < -0.3 is 9.84 Å². The molecule has 0 saturated carbocycles. The summed E-state index contributed by atoms with van der Waals surface area (Å²) in [6, 6.07) is 30.7. The molecule has 44 heavy (non-hydrogen) atoms. The summed E-state index contributed by atoms with van der Waals surface area (Å²) in [5.74, 6) is -0.609. The minimum Gasteiger partial charge on any atom is -0.507 e. The first-order chi connectivity index (χ1) is 21.4. The third-order valence-corrected chi connectivity index (χ3v) is 9.43. The van der Waals surface area contributed by atoms with Crippen molar-refractivity contribution in [1.82, 2.24) is 10.2 Å². The Morgan fingerprint density at radius 3 is 2.39 bits per heavy atom. The van der Waals surface area contributed by atoms with Gasteiger partial charge in [-0.05, 0) is 60.0 Å². The van der Waals surface area contributed by atoms with Gasteiger partial charge in [-0.2, -0.15) is 0 Å². The first-order valence-electron chi connectivity index (χ1n) is 13.7. The maximum absolute atomic E-state index is 13.5. The highest BCUT2D eigenvalue weighted by Gasteiger charge is 2.48. The van der Waals surface area contributed by atoms with Crippen LogP contribution < -0.4 is 9.64 Å². The Labute approximate surface area is 267 Å². The molecular weight excluding hydrogens is 614 g/mol. The predicted molar refractivity (Wildman–Crippen MR) is 174 cm³/mol. The lowest BCUT2D eigenvalue weighted by Gasteiger charge is -2.22. The highest BCUT2D eigenvalue weighted by atomic mass is 35.5.